The Morgan fingerprint density at radius 2 is 1.91 bits per heavy atom. The number of rotatable bonds is 6. The van der Waals surface area contributed by atoms with Crippen molar-refractivity contribution in [3.8, 4) is 0 Å². The zero-order valence-corrected chi connectivity index (χ0v) is 21.3. The Balaban J connectivity index is 1.98. The van der Waals surface area contributed by atoms with Crippen molar-refractivity contribution < 1.29 is 28.0 Å². The van der Waals surface area contributed by atoms with Crippen molar-refractivity contribution in [2.75, 3.05) is 11.5 Å². The van der Waals surface area contributed by atoms with Gasteiger partial charge in [0.15, 0.2) is 5.71 Å². The van der Waals surface area contributed by atoms with Gasteiger partial charge in [0.2, 0.25) is 0 Å². The van der Waals surface area contributed by atoms with Crippen LogP contribution in [0.25, 0.3) is 0 Å². The number of carbonyl (C=O) groups excluding carboxylic acids is 1. The van der Waals surface area contributed by atoms with Gasteiger partial charge < -0.3 is 15.4 Å². The molecule has 2 aliphatic rings. The molecule has 1 amide bonds. The summed E-state index contributed by atoms with van der Waals surface area (Å²) in [6, 6.07) is 3.27. The van der Waals surface area contributed by atoms with Crippen molar-refractivity contribution in [1.29, 1.82) is 0 Å². The van der Waals surface area contributed by atoms with Crippen molar-refractivity contribution in [3.63, 3.8) is 0 Å². The first kappa shape index (κ1) is 27.2. The fraction of sp³-hybridized carbons (Fsp3) is 0.348. The number of thioether (sulfide) groups is 1. The first-order valence-corrected chi connectivity index (χ1v) is 12.2. The number of allylic oxidation sites excluding steroid dienone is 3. The number of carbonyl (C=O) groups is 1. The smallest absolute Gasteiger partial charge is 0.410 e. The molecule has 1 fully saturated rings. The van der Waals surface area contributed by atoms with Gasteiger partial charge in [-0.25, -0.2) is 0 Å². The predicted octanol–water partition coefficient (Wildman–Crippen LogP) is 6.04. The van der Waals surface area contributed by atoms with Crippen molar-refractivity contribution in [3.05, 3.63) is 69.3 Å². The summed E-state index contributed by atoms with van der Waals surface area (Å²) in [5, 5.41) is 19.0. The lowest BCUT2D eigenvalue weighted by molar-refractivity contribution is -0.250. The molecule has 1 unspecified atom stereocenters. The number of hydrogen-bond acceptors (Lipinski definition) is 6. The molecule has 1 saturated heterocycles. The summed E-state index contributed by atoms with van der Waals surface area (Å²) < 4.78 is 43.4. The molecule has 2 aliphatic heterocycles. The standard InChI is InChI=1S/C23H22Cl2F3N3O3S/c1-5-14(6-12(2)13(3)20(32)29-21(4)10-35-11-21)18-19(30-33)22(34-31-18,23(26,27)28)15-7-16(24)9-17(25)8-15/h5-9,33H,3,10-11H2,1-2,4H3,(H,29,32)/b12-6-,14-5+,30-19+. The molecule has 35 heavy (non-hydrogen) atoms. The maximum absolute atomic E-state index is 14.5. The molecular weight excluding hydrogens is 526 g/mol. The number of amides is 1. The lowest BCUT2D eigenvalue weighted by atomic mass is 9.84. The minimum atomic E-state index is -5.11. The van der Waals surface area contributed by atoms with Crippen LogP contribution >= 0.6 is 35.0 Å². The van der Waals surface area contributed by atoms with E-state index in [1.165, 1.54) is 18.2 Å². The number of nitrogens with zero attached hydrogens (tertiary/aromatic N) is 2. The summed E-state index contributed by atoms with van der Waals surface area (Å²) in [6.07, 6.45) is -2.24. The Labute approximate surface area is 214 Å². The molecular formula is C23H22Cl2F3N3O3S. The summed E-state index contributed by atoms with van der Waals surface area (Å²) in [5.41, 5.74) is -4.76. The van der Waals surface area contributed by atoms with Gasteiger partial charge in [0, 0.05) is 38.3 Å². The van der Waals surface area contributed by atoms with Gasteiger partial charge >= 0.3 is 11.8 Å². The molecule has 1 aromatic rings. The second-order valence-corrected chi connectivity index (χ2v) is 10.2. The molecule has 0 aliphatic carbocycles. The van der Waals surface area contributed by atoms with Crippen LogP contribution in [0.3, 0.4) is 0 Å². The van der Waals surface area contributed by atoms with Crippen molar-refractivity contribution in [2.24, 2.45) is 10.3 Å². The third-order valence-electron chi connectivity index (χ3n) is 5.56. The quantitative estimate of drug-likeness (QED) is 0.197. The number of oxime groups is 2. The van der Waals surface area contributed by atoms with Crippen molar-refractivity contribution in [2.45, 2.75) is 38.1 Å². The molecule has 6 nitrogen and oxygen atoms in total. The molecule has 3 rings (SSSR count). The van der Waals surface area contributed by atoms with E-state index < -0.39 is 29.0 Å². The van der Waals surface area contributed by atoms with Crippen molar-refractivity contribution in [1.82, 2.24) is 5.32 Å². The average Bonchev–Trinajstić information content (AvgIpc) is 3.15. The predicted molar refractivity (Wildman–Crippen MR) is 132 cm³/mol. The number of halogens is 5. The topological polar surface area (TPSA) is 83.3 Å². The highest BCUT2D eigenvalue weighted by Crippen LogP contribution is 2.48. The van der Waals surface area contributed by atoms with E-state index in [1.54, 1.807) is 25.6 Å². The van der Waals surface area contributed by atoms with Gasteiger partial charge in [-0.2, -0.15) is 24.9 Å². The van der Waals surface area contributed by atoms with E-state index in [4.69, 9.17) is 28.0 Å². The van der Waals surface area contributed by atoms with Crippen LogP contribution in [0.4, 0.5) is 13.2 Å². The molecule has 0 aromatic heterocycles. The Bertz CT molecular complexity index is 1170. The van der Waals surface area contributed by atoms with Crippen LogP contribution in [-0.2, 0) is 15.2 Å². The summed E-state index contributed by atoms with van der Waals surface area (Å²) in [6.45, 7) is 8.86. The zero-order valence-electron chi connectivity index (χ0n) is 19.0. The first-order valence-electron chi connectivity index (χ1n) is 10.2. The number of hydrogen-bond donors (Lipinski definition) is 2. The first-order chi connectivity index (χ1) is 16.3. The fourth-order valence-corrected chi connectivity index (χ4v) is 5.08. The Morgan fingerprint density at radius 3 is 2.37 bits per heavy atom. The fourth-order valence-electron chi connectivity index (χ4n) is 3.59. The SMILES string of the molecule is C=C(C(=O)NC1(C)CSC1)/C(C)=C\C(=C/C)C1=NOC(c2cc(Cl)cc(Cl)c2)(C(F)(F)F)/C1=N/O. The second-order valence-electron chi connectivity index (χ2n) is 8.37. The lowest BCUT2D eigenvalue weighted by Crippen LogP contribution is -2.55. The highest BCUT2D eigenvalue weighted by Gasteiger charge is 2.67. The Kier molecular flexibility index (Phi) is 7.69. The Hall–Kier alpha value is -2.43. The maximum atomic E-state index is 14.5. The summed E-state index contributed by atoms with van der Waals surface area (Å²) in [5.74, 6) is 1.15. The second kappa shape index (κ2) is 9.91. The van der Waals surface area contributed by atoms with Gasteiger partial charge in [-0.05, 0) is 50.6 Å². The molecule has 12 heteroatoms. The van der Waals surface area contributed by atoms with E-state index in [9.17, 15) is 23.2 Å². The molecule has 0 saturated carbocycles. The molecule has 1 atom stereocenters. The van der Waals surface area contributed by atoms with Crippen LogP contribution in [0.5, 0.6) is 0 Å². The minimum absolute atomic E-state index is 0.0756. The summed E-state index contributed by atoms with van der Waals surface area (Å²) in [7, 11) is 0. The number of benzene rings is 1. The molecule has 0 spiro atoms. The third-order valence-corrected chi connectivity index (χ3v) is 7.68. The van der Waals surface area contributed by atoms with Crippen LogP contribution < -0.4 is 5.32 Å². The van der Waals surface area contributed by atoms with E-state index in [0.29, 0.717) is 5.57 Å². The van der Waals surface area contributed by atoms with Gasteiger partial charge in [-0.1, -0.05) is 46.2 Å². The van der Waals surface area contributed by atoms with Gasteiger partial charge in [-0.15, -0.1) is 0 Å². The van der Waals surface area contributed by atoms with E-state index in [1.807, 2.05) is 6.92 Å². The highest BCUT2D eigenvalue weighted by molar-refractivity contribution is 8.00. The number of nitrogens with one attached hydrogen (secondary N) is 1. The van der Waals surface area contributed by atoms with E-state index in [2.05, 4.69) is 22.2 Å². The van der Waals surface area contributed by atoms with Crippen LogP contribution in [-0.4, -0.2) is 45.8 Å². The minimum Gasteiger partial charge on any atom is -0.410 e. The van der Waals surface area contributed by atoms with Crippen LogP contribution in [0.1, 0.15) is 26.3 Å². The third kappa shape index (κ3) is 5.10. The molecule has 0 bridgehead atoms. The van der Waals surface area contributed by atoms with Gasteiger partial charge in [-0.3, -0.25) is 4.79 Å². The van der Waals surface area contributed by atoms with Crippen molar-refractivity contribution >= 4 is 52.3 Å². The van der Waals surface area contributed by atoms with E-state index in [-0.39, 0.29) is 32.4 Å². The monoisotopic (exact) mass is 547 g/mol. The van der Waals surface area contributed by atoms with Gasteiger partial charge in [0.1, 0.15) is 5.71 Å². The van der Waals surface area contributed by atoms with Crippen LogP contribution in [0, 0.1) is 0 Å². The Morgan fingerprint density at radius 1 is 1.31 bits per heavy atom. The van der Waals surface area contributed by atoms with E-state index in [0.717, 1.165) is 23.6 Å². The van der Waals surface area contributed by atoms with Gasteiger partial charge in [0.25, 0.3) is 5.91 Å². The largest absolute Gasteiger partial charge is 0.441 e. The molecule has 2 heterocycles. The van der Waals surface area contributed by atoms with Gasteiger partial charge in [0.05, 0.1) is 5.54 Å². The highest BCUT2D eigenvalue weighted by atomic mass is 35.5. The summed E-state index contributed by atoms with van der Waals surface area (Å²) in [4.78, 5) is 17.6. The number of alkyl halides is 3. The molecule has 1 aromatic carbocycles. The average molecular weight is 548 g/mol. The lowest BCUT2D eigenvalue weighted by Gasteiger charge is -2.38. The van der Waals surface area contributed by atoms with Crippen LogP contribution in [0.2, 0.25) is 10.0 Å². The van der Waals surface area contributed by atoms with Crippen LogP contribution in [0.15, 0.2) is 64.0 Å². The normalized spacial score (nSPS) is 23.4. The zero-order chi connectivity index (χ0) is 26.2. The maximum Gasteiger partial charge on any atom is 0.441 e. The summed E-state index contributed by atoms with van der Waals surface area (Å²) >= 11 is 13.6. The van der Waals surface area contributed by atoms with E-state index >= 15 is 0 Å². The molecule has 2 N–H and O–H groups in total. The molecule has 0 radical (unpaired) electrons. The molecule has 188 valence electrons.